The molecule has 0 saturated carbocycles. The van der Waals surface area contributed by atoms with Crippen LogP contribution in [-0.2, 0) is 4.79 Å². The van der Waals surface area contributed by atoms with E-state index < -0.39 is 11.9 Å². The molecule has 5 nitrogen and oxygen atoms in total. The maximum Gasteiger partial charge on any atom is 0.249 e. The lowest BCUT2D eigenvalue weighted by atomic mass is 10.2. The van der Waals surface area contributed by atoms with Crippen LogP contribution in [0.1, 0.15) is 11.3 Å². The van der Waals surface area contributed by atoms with Crippen LogP contribution in [0.3, 0.4) is 0 Å². The Bertz CT molecular complexity index is 772. The Kier molecular flexibility index (Phi) is 3.96. The first-order chi connectivity index (χ1) is 10.6. The molecule has 1 unspecified atom stereocenters. The number of nitrogens with zero attached hydrogens (tertiary/aromatic N) is 3. The van der Waals surface area contributed by atoms with Crippen LogP contribution in [0.4, 0.5) is 15.2 Å². The predicted octanol–water partition coefficient (Wildman–Crippen LogP) is 3.02. The number of carbonyl (C=O) groups is 1. The Morgan fingerprint density at radius 1 is 1.50 bits per heavy atom. The highest BCUT2D eigenvalue weighted by molar-refractivity contribution is 7.16. The largest absolute Gasteiger partial charge is 0.350 e. The molecule has 1 aromatic carbocycles. The molecule has 0 bridgehead atoms. The van der Waals surface area contributed by atoms with Gasteiger partial charge in [0.25, 0.3) is 0 Å². The fourth-order valence-corrected chi connectivity index (χ4v) is 3.30. The van der Waals surface area contributed by atoms with Crippen molar-refractivity contribution < 1.29 is 9.18 Å². The highest BCUT2D eigenvalue weighted by Gasteiger charge is 2.34. The van der Waals surface area contributed by atoms with Crippen molar-refractivity contribution in [1.29, 1.82) is 5.26 Å². The van der Waals surface area contributed by atoms with E-state index in [0.29, 0.717) is 23.0 Å². The summed E-state index contributed by atoms with van der Waals surface area (Å²) in [5.41, 5.74) is 0.270. The topological polar surface area (TPSA) is 69.0 Å². The van der Waals surface area contributed by atoms with Gasteiger partial charge in [0, 0.05) is 6.54 Å². The number of carbonyl (C=O) groups excluding carboxylic acids is 1. The van der Waals surface area contributed by atoms with Gasteiger partial charge >= 0.3 is 0 Å². The lowest BCUT2D eigenvalue weighted by Gasteiger charge is -2.17. The van der Waals surface area contributed by atoms with Gasteiger partial charge in [-0.15, -0.1) is 0 Å². The number of para-hydroxylation sites is 1. The highest BCUT2D eigenvalue weighted by Crippen LogP contribution is 2.29. The molecule has 1 fully saturated rings. The molecule has 0 aliphatic carbocycles. The van der Waals surface area contributed by atoms with Gasteiger partial charge in [-0.2, -0.15) is 5.26 Å². The molecule has 1 aliphatic heterocycles. The molecule has 1 N–H and O–H groups in total. The third-order valence-corrected chi connectivity index (χ3v) is 4.61. The molecular formula is C14H10ClFN4OS. The zero-order chi connectivity index (χ0) is 15.7. The average Bonchev–Trinajstić information content (AvgIpc) is 3.04. The Morgan fingerprint density at radius 2 is 2.27 bits per heavy atom. The summed E-state index contributed by atoms with van der Waals surface area (Å²) in [7, 11) is 0. The molecule has 1 atom stereocenters. The second-order valence-electron chi connectivity index (χ2n) is 4.68. The third kappa shape index (κ3) is 2.63. The van der Waals surface area contributed by atoms with Crippen molar-refractivity contribution in [1.82, 2.24) is 4.98 Å². The molecule has 22 heavy (non-hydrogen) atoms. The number of halogens is 2. The Labute approximate surface area is 134 Å². The van der Waals surface area contributed by atoms with Crippen LogP contribution in [0, 0.1) is 17.1 Å². The van der Waals surface area contributed by atoms with Gasteiger partial charge in [-0.25, -0.2) is 9.37 Å². The van der Waals surface area contributed by atoms with E-state index >= 15 is 0 Å². The molecule has 3 rings (SSSR count). The summed E-state index contributed by atoms with van der Waals surface area (Å²) in [5.74, 6) is -0.657. The van der Waals surface area contributed by atoms with Crippen molar-refractivity contribution in [2.75, 3.05) is 16.8 Å². The minimum atomic E-state index is -0.506. The number of aromatic nitrogens is 1. The minimum Gasteiger partial charge on any atom is -0.350 e. The Balaban J connectivity index is 1.77. The lowest BCUT2D eigenvalue weighted by molar-refractivity contribution is -0.117. The molecule has 2 heterocycles. The number of nitrogens with one attached hydrogen (secondary N) is 1. The third-order valence-electron chi connectivity index (χ3n) is 3.33. The molecule has 1 saturated heterocycles. The van der Waals surface area contributed by atoms with Gasteiger partial charge in [0.2, 0.25) is 5.91 Å². The molecule has 1 amide bonds. The second-order valence-corrected chi connectivity index (χ2v) is 6.03. The van der Waals surface area contributed by atoms with Crippen LogP contribution in [0.15, 0.2) is 24.3 Å². The second kappa shape index (κ2) is 5.91. The Morgan fingerprint density at radius 3 is 2.95 bits per heavy atom. The minimum absolute atomic E-state index is 0.117. The number of anilines is 2. The monoisotopic (exact) mass is 336 g/mol. The van der Waals surface area contributed by atoms with Crippen LogP contribution in [-0.4, -0.2) is 23.5 Å². The molecule has 112 valence electrons. The van der Waals surface area contributed by atoms with Gasteiger partial charge in [-0.3, -0.25) is 4.79 Å². The molecule has 0 spiro atoms. The van der Waals surface area contributed by atoms with Gasteiger partial charge in [0.15, 0.2) is 10.3 Å². The number of rotatable bonds is 3. The standard InChI is InChI=1S/C14H10ClFN4OS/c15-12-11(7-17)22-14(19-12)18-9-5-6-20(13(9)21)10-4-2-1-3-8(10)16/h1-4,9H,5-6H2,(H,18,19). The summed E-state index contributed by atoms with van der Waals surface area (Å²) in [6.07, 6.45) is 0.520. The summed E-state index contributed by atoms with van der Waals surface area (Å²) in [5, 5.41) is 12.4. The molecule has 8 heteroatoms. The Hall–Kier alpha value is -2.17. The van der Waals surface area contributed by atoms with Crippen molar-refractivity contribution in [3.8, 4) is 6.07 Å². The maximum absolute atomic E-state index is 13.8. The van der Waals surface area contributed by atoms with Gasteiger partial charge < -0.3 is 10.2 Å². The van der Waals surface area contributed by atoms with E-state index in [1.54, 1.807) is 18.2 Å². The normalized spacial score (nSPS) is 17.6. The summed E-state index contributed by atoms with van der Waals surface area (Å²) in [6, 6.07) is 7.59. The molecular weight excluding hydrogens is 327 g/mol. The van der Waals surface area contributed by atoms with Crippen LogP contribution in [0.25, 0.3) is 0 Å². The average molecular weight is 337 g/mol. The van der Waals surface area contributed by atoms with E-state index in [9.17, 15) is 9.18 Å². The molecule has 1 aromatic heterocycles. The van der Waals surface area contributed by atoms with Gasteiger partial charge in [-0.1, -0.05) is 35.1 Å². The van der Waals surface area contributed by atoms with Crippen LogP contribution in [0.5, 0.6) is 0 Å². The van der Waals surface area contributed by atoms with Crippen LogP contribution < -0.4 is 10.2 Å². The lowest BCUT2D eigenvalue weighted by Crippen LogP contribution is -2.33. The molecule has 1 aliphatic rings. The predicted molar refractivity (Wildman–Crippen MR) is 82.6 cm³/mol. The number of benzene rings is 1. The summed E-state index contributed by atoms with van der Waals surface area (Å²) in [6.45, 7) is 0.418. The first-order valence-corrected chi connectivity index (χ1v) is 7.68. The fraction of sp³-hybridized carbons (Fsp3) is 0.214. The van der Waals surface area contributed by atoms with E-state index in [4.69, 9.17) is 16.9 Å². The summed E-state index contributed by atoms with van der Waals surface area (Å²) in [4.78, 5) is 18.1. The quantitative estimate of drug-likeness (QED) is 0.935. The summed E-state index contributed by atoms with van der Waals surface area (Å²) < 4.78 is 13.8. The van der Waals surface area contributed by atoms with E-state index in [1.807, 2.05) is 6.07 Å². The van der Waals surface area contributed by atoms with Crippen molar-refractivity contribution in [2.45, 2.75) is 12.5 Å². The number of hydrogen-bond donors (Lipinski definition) is 1. The van der Waals surface area contributed by atoms with Crippen molar-refractivity contribution in [3.63, 3.8) is 0 Å². The van der Waals surface area contributed by atoms with Crippen molar-refractivity contribution in [2.24, 2.45) is 0 Å². The highest BCUT2D eigenvalue weighted by atomic mass is 35.5. The van der Waals surface area contributed by atoms with Crippen LogP contribution >= 0.6 is 22.9 Å². The van der Waals surface area contributed by atoms with Gasteiger partial charge in [-0.05, 0) is 18.6 Å². The smallest absolute Gasteiger partial charge is 0.249 e. The maximum atomic E-state index is 13.8. The van der Waals surface area contributed by atoms with E-state index in [-0.39, 0.29) is 16.7 Å². The van der Waals surface area contributed by atoms with Gasteiger partial charge in [0.1, 0.15) is 22.8 Å². The van der Waals surface area contributed by atoms with Crippen LogP contribution in [0.2, 0.25) is 5.15 Å². The molecule has 0 radical (unpaired) electrons. The van der Waals surface area contributed by atoms with E-state index in [1.165, 1.54) is 11.0 Å². The first kappa shape index (κ1) is 14.8. The van der Waals surface area contributed by atoms with E-state index in [2.05, 4.69) is 10.3 Å². The number of amides is 1. The number of thiazole rings is 1. The zero-order valence-electron chi connectivity index (χ0n) is 11.2. The van der Waals surface area contributed by atoms with Gasteiger partial charge in [0.05, 0.1) is 5.69 Å². The number of nitriles is 1. The van der Waals surface area contributed by atoms with Crippen molar-refractivity contribution in [3.05, 3.63) is 40.1 Å². The van der Waals surface area contributed by atoms with Crippen molar-refractivity contribution >= 4 is 39.7 Å². The summed E-state index contributed by atoms with van der Waals surface area (Å²) >= 11 is 6.89. The van der Waals surface area contributed by atoms with E-state index in [0.717, 1.165) is 11.3 Å². The zero-order valence-corrected chi connectivity index (χ0v) is 12.8. The SMILES string of the molecule is N#Cc1sc(NC2CCN(c3ccccc3F)C2=O)nc1Cl. The fourth-order valence-electron chi connectivity index (χ4n) is 2.30. The molecule has 2 aromatic rings. The first-order valence-electron chi connectivity index (χ1n) is 6.49. The number of hydrogen-bond acceptors (Lipinski definition) is 5.